The number of benzene rings is 1. The Bertz CT molecular complexity index is 546. The van der Waals surface area contributed by atoms with E-state index in [1.807, 2.05) is 4.90 Å². The SMILES string of the molecule is O[C@H]1C[C@H](c2ccc(F)cc2)N(c2cnccn2)C1. The number of hydrogen-bond donors (Lipinski definition) is 1. The van der Waals surface area contributed by atoms with Gasteiger partial charge in [-0.3, -0.25) is 4.98 Å². The summed E-state index contributed by atoms with van der Waals surface area (Å²) in [4.78, 5) is 10.3. The standard InChI is InChI=1S/C14H14FN3O/c15-11-3-1-10(2-4-11)13-7-12(19)9-18(13)14-8-16-5-6-17-14/h1-6,8,12-13,19H,7,9H2/t12-,13+/m0/s1. The molecule has 2 aromatic rings. The minimum atomic E-state index is -0.406. The van der Waals surface area contributed by atoms with Gasteiger partial charge in [0.05, 0.1) is 18.3 Å². The second kappa shape index (κ2) is 4.93. The van der Waals surface area contributed by atoms with Gasteiger partial charge >= 0.3 is 0 Å². The van der Waals surface area contributed by atoms with Crippen molar-refractivity contribution in [1.82, 2.24) is 9.97 Å². The van der Waals surface area contributed by atoms with E-state index in [-0.39, 0.29) is 11.9 Å². The summed E-state index contributed by atoms with van der Waals surface area (Å²) in [5.74, 6) is 0.474. The summed E-state index contributed by atoms with van der Waals surface area (Å²) in [6.07, 6.45) is 5.12. The maximum Gasteiger partial charge on any atom is 0.147 e. The molecule has 1 fully saturated rings. The fraction of sp³-hybridized carbons (Fsp3) is 0.286. The summed E-state index contributed by atoms with van der Waals surface area (Å²) in [5, 5.41) is 9.88. The molecule has 0 spiro atoms. The molecule has 1 aromatic carbocycles. The van der Waals surface area contributed by atoms with Gasteiger partial charge in [-0.1, -0.05) is 12.1 Å². The molecule has 1 aromatic heterocycles. The summed E-state index contributed by atoms with van der Waals surface area (Å²) in [5.41, 5.74) is 0.976. The summed E-state index contributed by atoms with van der Waals surface area (Å²) in [6, 6.07) is 6.39. The van der Waals surface area contributed by atoms with Crippen LogP contribution in [-0.2, 0) is 0 Å². The first-order valence-corrected chi connectivity index (χ1v) is 6.20. The van der Waals surface area contributed by atoms with E-state index in [4.69, 9.17) is 0 Å². The van der Waals surface area contributed by atoms with Gasteiger partial charge in [0, 0.05) is 18.9 Å². The molecule has 2 atom stereocenters. The van der Waals surface area contributed by atoms with Crippen molar-refractivity contribution in [3.8, 4) is 0 Å². The van der Waals surface area contributed by atoms with Gasteiger partial charge in [0.1, 0.15) is 11.6 Å². The Morgan fingerprint density at radius 2 is 2.00 bits per heavy atom. The first-order valence-electron chi connectivity index (χ1n) is 6.20. The third-order valence-electron chi connectivity index (χ3n) is 3.38. The molecule has 2 heterocycles. The number of rotatable bonds is 2. The molecule has 0 aliphatic carbocycles. The first-order chi connectivity index (χ1) is 9.24. The molecule has 98 valence electrons. The molecule has 0 amide bonds. The summed E-state index contributed by atoms with van der Waals surface area (Å²) >= 11 is 0. The minimum absolute atomic E-state index is 0.00676. The van der Waals surface area contributed by atoms with E-state index in [1.54, 1.807) is 30.7 Å². The van der Waals surface area contributed by atoms with Crippen LogP contribution in [0, 0.1) is 5.82 Å². The van der Waals surface area contributed by atoms with Crippen LogP contribution in [0.1, 0.15) is 18.0 Å². The van der Waals surface area contributed by atoms with Gasteiger partial charge in [-0.25, -0.2) is 9.37 Å². The van der Waals surface area contributed by atoms with Gasteiger partial charge in [-0.05, 0) is 24.1 Å². The first kappa shape index (κ1) is 12.0. The number of aliphatic hydroxyl groups is 1. The average molecular weight is 259 g/mol. The normalized spacial score (nSPS) is 22.7. The number of anilines is 1. The zero-order valence-corrected chi connectivity index (χ0v) is 10.3. The zero-order valence-electron chi connectivity index (χ0n) is 10.3. The predicted molar refractivity (Wildman–Crippen MR) is 69.1 cm³/mol. The highest BCUT2D eigenvalue weighted by atomic mass is 19.1. The highest BCUT2D eigenvalue weighted by Crippen LogP contribution is 2.34. The number of aliphatic hydroxyl groups excluding tert-OH is 1. The topological polar surface area (TPSA) is 49.2 Å². The zero-order chi connectivity index (χ0) is 13.2. The van der Waals surface area contributed by atoms with E-state index in [2.05, 4.69) is 9.97 Å². The quantitative estimate of drug-likeness (QED) is 0.895. The maximum atomic E-state index is 13.0. The van der Waals surface area contributed by atoms with Gasteiger partial charge in [0.2, 0.25) is 0 Å². The number of aromatic nitrogens is 2. The van der Waals surface area contributed by atoms with Crippen LogP contribution in [0.4, 0.5) is 10.2 Å². The highest BCUT2D eigenvalue weighted by molar-refractivity contribution is 5.42. The van der Waals surface area contributed by atoms with Crippen LogP contribution < -0.4 is 4.90 Å². The largest absolute Gasteiger partial charge is 0.391 e. The molecular formula is C14H14FN3O. The Kier molecular flexibility index (Phi) is 3.13. The van der Waals surface area contributed by atoms with Crippen LogP contribution in [0.15, 0.2) is 42.9 Å². The molecule has 1 aliphatic rings. The average Bonchev–Trinajstić information content (AvgIpc) is 2.83. The van der Waals surface area contributed by atoms with Crippen LogP contribution in [0.2, 0.25) is 0 Å². The van der Waals surface area contributed by atoms with Crippen LogP contribution in [0.5, 0.6) is 0 Å². The Morgan fingerprint density at radius 3 is 2.68 bits per heavy atom. The molecular weight excluding hydrogens is 245 g/mol. The monoisotopic (exact) mass is 259 g/mol. The van der Waals surface area contributed by atoms with Crippen LogP contribution >= 0.6 is 0 Å². The lowest BCUT2D eigenvalue weighted by Gasteiger charge is -2.25. The van der Waals surface area contributed by atoms with Gasteiger partial charge in [-0.15, -0.1) is 0 Å². The molecule has 1 saturated heterocycles. The third-order valence-corrected chi connectivity index (χ3v) is 3.38. The maximum absolute atomic E-state index is 13.0. The fourth-order valence-corrected chi connectivity index (χ4v) is 2.51. The van der Waals surface area contributed by atoms with Crippen molar-refractivity contribution in [2.45, 2.75) is 18.6 Å². The smallest absolute Gasteiger partial charge is 0.147 e. The highest BCUT2D eigenvalue weighted by Gasteiger charge is 2.32. The number of nitrogens with zero attached hydrogens (tertiary/aromatic N) is 3. The molecule has 0 unspecified atom stereocenters. The number of β-amino-alcohol motifs (C(OH)–C–C–N with tert-alkyl or cyclic N) is 1. The van der Waals surface area contributed by atoms with Crippen LogP contribution in [0.3, 0.4) is 0 Å². The van der Waals surface area contributed by atoms with Gasteiger partial charge in [0.25, 0.3) is 0 Å². The van der Waals surface area contributed by atoms with E-state index in [0.717, 1.165) is 11.4 Å². The molecule has 3 rings (SSSR count). The van der Waals surface area contributed by atoms with Crippen LogP contribution in [-0.4, -0.2) is 27.7 Å². The number of hydrogen-bond acceptors (Lipinski definition) is 4. The Labute approximate surface area is 110 Å². The lowest BCUT2D eigenvalue weighted by molar-refractivity contribution is 0.194. The lowest BCUT2D eigenvalue weighted by atomic mass is 10.0. The Balaban J connectivity index is 1.92. The van der Waals surface area contributed by atoms with Crippen molar-refractivity contribution < 1.29 is 9.50 Å². The van der Waals surface area contributed by atoms with Gasteiger partial charge in [-0.2, -0.15) is 0 Å². The molecule has 0 saturated carbocycles. The summed E-state index contributed by atoms with van der Waals surface area (Å²) < 4.78 is 13.0. The summed E-state index contributed by atoms with van der Waals surface area (Å²) in [6.45, 7) is 0.515. The Morgan fingerprint density at radius 1 is 1.21 bits per heavy atom. The fourth-order valence-electron chi connectivity index (χ4n) is 2.51. The van der Waals surface area contributed by atoms with Crippen molar-refractivity contribution in [2.75, 3.05) is 11.4 Å². The van der Waals surface area contributed by atoms with Gasteiger partial charge < -0.3 is 10.0 Å². The van der Waals surface area contributed by atoms with Crippen molar-refractivity contribution >= 4 is 5.82 Å². The predicted octanol–water partition coefficient (Wildman–Crippen LogP) is 1.93. The van der Waals surface area contributed by atoms with E-state index in [0.29, 0.717) is 13.0 Å². The Hall–Kier alpha value is -2.01. The van der Waals surface area contributed by atoms with E-state index in [9.17, 15) is 9.50 Å². The molecule has 4 nitrogen and oxygen atoms in total. The second-order valence-electron chi connectivity index (χ2n) is 4.67. The van der Waals surface area contributed by atoms with Crippen molar-refractivity contribution in [1.29, 1.82) is 0 Å². The third kappa shape index (κ3) is 2.42. The van der Waals surface area contributed by atoms with E-state index in [1.165, 1.54) is 12.1 Å². The minimum Gasteiger partial charge on any atom is -0.391 e. The molecule has 0 bridgehead atoms. The molecule has 5 heteroatoms. The lowest BCUT2D eigenvalue weighted by Crippen LogP contribution is -2.25. The van der Waals surface area contributed by atoms with Gasteiger partial charge in [0.15, 0.2) is 0 Å². The van der Waals surface area contributed by atoms with E-state index >= 15 is 0 Å². The van der Waals surface area contributed by atoms with Crippen molar-refractivity contribution in [3.05, 3.63) is 54.2 Å². The van der Waals surface area contributed by atoms with Crippen molar-refractivity contribution in [2.24, 2.45) is 0 Å². The molecule has 1 aliphatic heterocycles. The molecule has 19 heavy (non-hydrogen) atoms. The summed E-state index contributed by atoms with van der Waals surface area (Å²) in [7, 11) is 0. The van der Waals surface area contributed by atoms with E-state index < -0.39 is 6.10 Å². The molecule has 1 N–H and O–H groups in total. The molecule has 0 radical (unpaired) electrons. The van der Waals surface area contributed by atoms with Crippen LogP contribution in [0.25, 0.3) is 0 Å². The second-order valence-corrected chi connectivity index (χ2v) is 4.67. The van der Waals surface area contributed by atoms with Crippen molar-refractivity contribution in [3.63, 3.8) is 0 Å². The number of halogens is 1.